The Morgan fingerprint density at radius 1 is 0.500 bits per heavy atom. The Balaban J connectivity index is 2.51. The molecule has 52 heavy (non-hydrogen) atoms. The molecule has 0 saturated carbocycles. The quantitative estimate of drug-likeness (QED) is 0.0510. The molecular weight excluding hydrogens is 656 g/mol. The molecule has 2 unspecified atom stereocenters. The van der Waals surface area contributed by atoms with Gasteiger partial charge in [-0.3, -0.25) is 0 Å². The molecule has 0 radical (unpaired) electrons. The molecule has 0 aliphatic carbocycles. The average molecular weight is 723 g/mol. The van der Waals surface area contributed by atoms with Gasteiger partial charge in [0.1, 0.15) is 0 Å². The minimum atomic E-state index is -0.645. The van der Waals surface area contributed by atoms with E-state index in [-0.39, 0.29) is 60.5 Å². The van der Waals surface area contributed by atoms with Gasteiger partial charge in [-0.25, -0.2) is 19.2 Å². The molecule has 0 N–H and O–H groups in total. The number of esters is 4. The zero-order valence-corrected chi connectivity index (χ0v) is 33.0. The van der Waals surface area contributed by atoms with E-state index in [2.05, 4.69) is 27.7 Å². The van der Waals surface area contributed by atoms with Crippen molar-refractivity contribution in [2.24, 2.45) is 11.8 Å². The summed E-state index contributed by atoms with van der Waals surface area (Å²) in [5.74, 6) is -2.18. The van der Waals surface area contributed by atoms with Crippen LogP contribution in [0.5, 0.6) is 0 Å². The highest BCUT2D eigenvalue weighted by Crippen LogP contribution is 2.31. The fourth-order valence-corrected chi connectivity index (χ4v) is 6.00. The second-order valence-electron chi connectivity index (χ2n) is 14.3. The van der Waals surface area contributed by atoms with Gasteiger partial charge in [-0.15, -0.1) is 0 Å². The minimum Gasteiger partial charge on any atom is -0.462 e. The summed E-state index contributed by atoms with van der Waals surface area (Å²) in [6.45, 7) is 13.5. The lowest BCUT2D eigenvalue weighted by atomic mass is 9.92. The number of hydrogen-bond acceptors (Lipinski definition) is 8. The predicted molar refractivity (Wildman–Crippen MR) is 208 cm³/mol. The van der Waals surface area contributed by atoms with Crippen molar-refractivity contribution >= 4 is 23.9 Å². The van der Waals surface area contributed by atoms with E-state index < -0.39 is 23.9 Å². The molecule has 2 aromatic rings. The maximum Gasteiger partial charge on any atom is 0.339 e. The highest BCUT2D eigenvalue weighted by molar-refractivity contribution is 6.09. The number of ether oxygens (including phenoxy) is 4. The smallest absolute Gasteiger partial charge is 0.339 e. The lowest BCUT2D eigenvalue weighted by Crippen LogP contribution is -2.19. The second-order valence-corrected chi connectivity index (χ2v) is 14.3. The molecule has 8 heteroatoms. The highest BCUT2D eigenvalue weighted by atomic mass is 16.5. The zero-order chi connectivity index (χ0) is 38.1. The van der Waals surface area contributed by atoms with Gasteiger partial charge in [0.2, 0.25) is 0 Å². The number of carbonyl (C=O) groups is 4. The lowest BCUT2D eigenvalue weighted by molar-refractivity contribution is 0.0414. The van der Waals surface area contributed by atoms with Crippen LogP contribution in [0.4, 0.5) is 0 Å². The Kier molecular flexibility index (Phi) is 22.4. The number of unbranched alkanes of at least 4 members (excludes halogenated alkanes) is 10. The van der Waals surface area contributed by atoms with Crippen LogP contribution in [-0.4, -0.2) is 50.3 Å². The van der Waals surface area contributed by atoms with Gasteiger partial charge in [-0.1, -0.05) is 137 Å². The molecule has 8 nitrogen and oxygen atoms in total. The van der Waals surface area contributed by atoms with Crippen molar-refractivity contribution in [1.29, 1.82) is 0 Å². The molecule has 2 rings (SSSR count). The number of benzene rings is 2. The third-order valence-electron chi connectivity index (χ3n) is 9.32. The summed E-state index contributed by atoms with van der Waals surface area (Å²) in [7, 11) is 0. The minimum absolute atomic E-state index is 0.0455. The molecule has 0 amide bonds. The van der Waals surface area contributed by atoms with Crippen LogP contribution in [0.15, 0.2) is 36.4 Å². The first-order valence-corrected chi connectivity index (χ1v) is 20.1. The van der Waals surface area contributed by atoms with Crippen LogP contribution in [0.1, 0.15) is 186 Å². The van der Waals surface area contributed by atoms with E-state index in [4.69, 9.17) is 18.9 Å². The molecule has 2 aromatic carbocycles. The van der Waals surface area contributed by atoms with E-state index >= 15 is 0 Å². The van der Waals surface area contributed by atoms with Crippen LogP contribution in [0.2, 0.25) is 0 Å². The summed E-state index contributed by atoms with van der Waals surface area (Å²) in [5.41, 5.74) is 1.16. The largest absolute Gasteiger partial charge is 0.462 e. The topological polar surface area (TPSA) is 105 Å². The SMILES string of the molecule is CCCCCCCOC(=O)c1ccc(-c2cccc(C(=O)OCC(C)CCCC)c2C(=O)OCCCCCCC)cc1C(=O)OCC(C)CCCC. The summed E-state index contributed by atoms with van der Waals surface area (Å²) in [5, 5.41) is 0. The number of rotatable bonds is 27. The first-order valence-electron chi connectivity index (χ1n) is 20.1. The second kappa shape index (κ2) is 26.1. The standard InChI is InChI=1S/C44H66O8/c1-7-11-15-17-19-28-49-41(45)37-27-26-35(30-39(37)43(47)52-32-34(6)23-14-10-4)36-24-21-25-38(42(46)51-31-33(5)22-13-9-3)40(36)44(48)50-29-20-18-16-12-8-2/h21,24-27,30,33-34H,7-20,22-23,28-29,31-32H2,1-6H3. The van der Waals surface area contributed by atoms with Gasteiger partial charge in [0.05, 0.1) is 48.7 Å². The Hall–Kier alpha value is -3.68. The van der Waals surface area contributed by atoms with E-state index in [1.165, 1.54) is 6.07 Å². The van der Waals surface area contributed by atoms with E-state index in [1.807, 2.05) is 13.8 Å². The molecule has 0 fully saturated rings. The average Bonchev–Trinajstić information content (AvgIpc) is 3.16. The van der Waals surface area contributed by atoms with Crippen molar-refractivity contribution in [2.75, 3.05) is 26.4 Å². The van der Waals surface area contributed by atoms with Crippen LogP contribution in [-0.2, 0) is 18.9 Å². The maximum absolute atomic E-state index is 13.8. The van der Waals surface area contributed by atoms with Gasteiger partial charge in [0, 0.05) is 0 Å². The Bertz CT molecular complexity index is 1370. The van der Waals surface area contributed by atoms with Crippen LogP contribution in [0.3, 0.4) is 0 Å². The summed E-state index contributed by atoms with van der Waals surface area (Å²) >= 11 is 0. The Morgan fingerprint density at radius 3 is 1.52 bits per heavy atom. The molecule has 0 aromatic heterocycles. The fourth-order valence-electron chi connectivity index (χ4n) is 6.00. The van der Waals surface area contributed by atoms with Crippen molar-refractivity contribution in [3.63, 3.8) is 0 Å². The maximum atomic E-state index is 13.8. The van der Waals surface area contributed by atoms with Gasteiger partial charge in [0.15, 0.2) is 0 Å². The molecule has 2 atom stereocenters. The van der Waals surface area contributed by atoms with Gasteiger partial charge >= 0.3 is 23.9 Å². The molecule has 290 valence electrons. The van der Waals surface area contributed by atoms with Gasteiger partial charge < -0.3 is 18.9 Å². The van der Waals surface area contributed by atoms with E-state index in [9.17, 15) is 19.2 Å². The zero-order valence-electron chi connectivity index (χ0n) is 33.0. The van der Waals surface area contributed by atoms with Crippen LogP contribution < -0.4 is 0 Å². The summed E-state index contributed by atoms with van der Waals surface area (Å²) in [6.07, 6.45) is 16.0. The van der Waals surface area contributed by atoms with Crippen LogP contribution in [0.25, 0.3) is 11.1 Å². The molecular formula is C44H66O8. The predicted octanol–water partition coefficient (Wildman–Crippen LogP) is 11.6. The summed E-state index contributed by atoms with van der Waals surface area (Å²) in [4.78, 5) is 54.3. The monoisotopic (exact) mass is 722 g/mol. The Labute approximate surface area is 313 Å². The van der Waals surface area contributed by atoms with Crippen molar-refractivity contribution in [2.45, 2.75) is 144 Å². The number of hydrogen-bond donors (Lipinski definition) is 0. The summed E-state index contributed by atoms with van der Waals surface area (Å²) < 4.78 is 22.8. The molecule has 0 saturated heterocycles. The Morgan fingerprint density at radius 2 is 0.981 bits per heavy atom. The molecule has 0 aliphatic rings. The molecule has 0 bridgehead atoms. The van der Waals surface area contributed by atoms with Crippen molar-refractivity contribution in [3.8, 4) is 11.1 Å². The normalized spacial score (nSPS) is 12.2. The number of carbonyl (C=O) groups excluding carboxylic acids is 4. The van der Waals surface area contributed by atoms with Crippen molar-refractivity contribution < 1.29 is 38.1 Å². The van der Waals surface area contributed by atoms with E-state index in [0.29, 0.717) is 17.5 Å². The fraction of sp³-hybridized carbons (Fsp3) is 0.636. The third kappa shape index (κ3) is 15.9. The first-order chi connectivity index (χ1) is 25.2. The third-order valence-corrected chi connectivity index (χ3v) is 9.32. The first kappa shape index (κ1) is 44.5. The highest BCUT2D eigenvalue weighted by Gasteiger charge is 2.27. The van der Waals surface area contributed by atoms with Crippen LogP contribution >= 0.6 is 0 Å². The van der Waals surface area contributed by atoms with Gasteiger partial charge in [-0.2, -0.15) is 0 Å². The van der Waals surface area contributed by atoms with E-state index in [0.717, 1.165) is 96.3 Å². The molecule has 0 heterocycles. The van der Waals surface area contributed by atoms with Crippen molar-refractivity contribution in [1.82, 2.24) is 0 Å². The lowest BCUT2D eigenvalue weighted by Gasteiger charge is -2.17. The van der Waals surface area contributed by atoms with Gasteiger partial charge in [0.25, 0.3) is 0 Å². The van der Waals surface area contributed by atoms with Crippen LogP contribution in [0, 0.1) is 11.8 Å². The van der Waals surface area contributed by atoms with E-state index in [1.54, 1.807) is 30.3 Å². The van der Waals surface area contributed by atoms with Crippen molar-refractivity contribution in [3.05, 3.63) is 58.7 Å². The summed E-state index contributed by atoms with van der Waals surface area (Å²) in [6, 6.07) is 9.72. The molecule has 0 aliphatic heterocycles. The van der Waals surface area contributed by atoms with Gasteiger partial charge in [-0.05, 0) is 66.8 Å². The molecule has 0 spiro atoms.